The van der Waals surface area contributed by atoms with Gasteiger partial charge in [0, 0.05) is 18.5 Å². The zero-order valence-electron chi connectivity index (χ0n) is 14.1. The third-order valence-corrected chi connectivity index (χ3v) is 4.71. The normalized spacial score (nSPS) is 20.3. The second-order valence-corrected chi connectivity index (χ2v) is 7.52. The summed E-state index contributed by atoms with van der Waals surface area (Å²) in [6.07, 6.45) is 0.699. The van der Waals surface area contributed by atoms with Gasteiger partial charge in [-0.25, -0.2) is 13.2 Å². The number of benzene rings is 1. The standard InChI is InChI=1S/C15H20N2O6S.ClH/c1-9-13(16-4-5-23-9)14(18)17-11-6-10(15(19)22-2)7-12(8-11)24(3,20)21;/h6-9,13,16H,4-5H2,1-3H3,(H,17,18);1H/t9-,13+;/m1./s1. The molecule has 0 aliphatic carbocycles. The zero-order valence-corrected chi connectivity index (χ0v) is 15.7. The van der Waals surface area contributed by atoms with Gasteiger partial charge in [0.2, 0.25) is 5.91 Å². The number of ether oxygens (including phenoxy) is 2. The Morgan fingerprint density at radius 3 is 2.56 bits per heavy atom. The number of anilines is 1. The van der Waals surface area contributed by atoms with E-state index >= 15 is 0 Å². The maximum atomic E-state index is 12.4. The zero-order chi connectivity index (χ0) is 17.9. The van der Waals surface area contributed by atoms with E-state index in [4.69, 9.17) is 4.74 Å². The molecule has 1 heterocycles. The van der Waals surface area contributed by atoms with E-state index in [0.29, 0.717) is 13.2 Å². The number of sulfone groups is 1. The second kappa shape index (κ2) is 8.61. The van der Waals surface area contributed by atoms with Crippen LogP contribution in [0.1, 0.15) is 17.3 Å². The number of hydrogen-bond donors (Lipinski definition) is 2. The Balaban J connectivity index is 0.00000312. The first kappa shape index (κ1) is 21.4. The minimum atomic E-state index is -3.56. The number of amides is 1. The van der Waals surface area contributed by atoms with Crippen molar-refractivity contribution in [2.45, 2.75) is 24.0 Å². The van der Waals surface area contributed by atoms with Gasteiger partial charge in [-0.15, -0.1) is 12.4 Å². The predicted molar refractivity (Wildman–Crippen MR) is 94.0 cm³/mol. The lowest BCUT2D eigenvalue weighted by molar-refractivity contribution is -0.123. The fraction of sp³-hybridized carbons (Fsp3) is 0.467. The van der Waals surface area contributed by atoms with Crippen LogP contribution in [0.2, 0.25) is 0 Å². The Hall–Kier alpha value is -1.68. The van der Waals surface area contributed by atoms with E-state index in [9.17, 15) is 18.0 Å². The Kier molecular flexibility index (Phi) is 7.36. The molecule has 0 radical (unpaired) electrons. The molecule has 25 heavy (non-hydrogen) atoms. The van der Waals surface area contributed by atoms with Crippen molar-refractivity contribution < 1.29 is 27.5 Å². The van der Waals surface area contributed by atoms with E-state index in [0.717, 1.165) is 6.26 Å². The number of methoxy groups -OCH3 is 1. The van der Waals surface area contributed by atoms with Gasteiger partial charge in [-0.1, -0.05) is 0 Å². The summed E-state index contributed by atoms with van der Waals surface area (Å²) in [6.45, 7) is 2.82. The van der Waals surface area contributed by atoms with Crippen LogP contribution < -0.4 is 10.6 Å². The monoisotopic (exact) mass is 392 g/mol. The van der Waals surface area contributed by atoms with Gasteiger partial charge in [0.05, 0.1) is 30.3 Å². The van der Waals surface area contributed by atoms with Crippen molar-refractivity contribution in [2.75, 3.05) is 31.8 Å². The van der Waals surface area contributed by atoms with Crippen LogP contribution in [0.15, 0.2) is 23.1 Å². The first-order valence-corrected chi connectivity index (χ1v) is 9.21. The highest BCUT2D eigenvalue weighted by Gasteiger charge is 2.28. The Bertz CT molecular complexity index is 752. The maximum Gasteiger partial charge on any atom is 0.337 e. The van der Waals surface area contributed by atoms with Crippen LogP contribution in [0.25, 0.3) is 0 Å². The van der Waals surface area contributed by atoms with Crippen LogP contribution >= 0.6 is 12.4 Å². The van der Waals surface area contributed by atoms with Crippen molar-refractivity contribution in [3.05, 3.63) is 23.8 Å². The molecule has 8 nitrogen and oxygen atoms in total. The minimum Gasteiger partial charge on any atom is -0.465 e. The van der Waals surface area contributed by atoms with Crippen molar-refractivity contribution in [3.63, 3.8) is 0 Å². The predicted octanol–water partition coefficient (Wildman–Crippen LogP) is 0.614. The molecular formula is C15H21ClN2O6S. The summed E-state index contributed by atoms with van der Waals surface area (Å²) in [5.74, 6) is -1.06. The lowest BCUT2D eigenvalue weighted by atomic mass is 10.1. The molecule has 2 atom stereocenters. The SMILES string of the molecule is COC(=O)c1cc(NC(=O)[C@H]2NCCO[C@@H]2C)cc(S(C)(=O)=O)c1.Cl. The number of carbonyl (C=O) groups is 2. The fourth-order valence-electron chi connectivity index (χ4n) is 2.37. The van der Waals surface area contributed by atoms with E-state index < -0.39 is 21.8 Å². The molecule has 1 amide bonds. The number of nitrogens with one attached hydrogen (secondary N) is 2. The molecule has 1 aromatic rings. The molecule has 2 rings (SSSR count). The van der Waals surface area contributed by atoms with E-state index in [2.05, 4.69) is 15.4 Å². The van der Waals surface area contributed by atoms with Crippen molar-refractivity contribution in [1.29, 1.82) is 0 Å². The number of morpholine rings is 1. The summed E-state index contributed by atoms with van der Waals surface area (Å²) in [6, 6.07) is 3.31. The van der Waals surface area contributed by atoms with E-state index in [1.165, 1.54) is 25.3 Å². The molecule has 0 spiro atoms. The molecule has 1 aliphatic rings. The van der Waals surface area contributed by atoms with Gasteiger partial charge in [0.1, 0.15) is 6.04 Å². The van der Waals surface area contributed by atoms with E-state index in [1.54, 1.807) is 6.92 Å². The van der Waals surface area contributed by atoms with Crippen LogP contribution in [0.3, 0.4) is 0 Å². The molecule has 1 aromatic carbocycles. The first-order valence-electron chi connectivity index (χ1n) is 7.31. The van der Waals surface area contributed by atoms with Gasteiger partial charge in [-0.2, -0.15) is 0 Å². The third kappa shape index (κ3) is 5.40. The fourth-order valence-corrected chi connectivity index (χ4v) is 3.05. The molecule has 0 bridgehead atoms. The molecule has 1 saturated heterocycles. The smallest absolute Gasteiger partial charge is 0.337 e. The van der Waals surface area contributed by atoms with E-state index in [1.807, 2.05) is 0 Å². The van der Waals surface area contributed by atoms with Crippen molar-refractivity contribution >= 4 is 39.8 Å². The quantitative estimate of drug-likeness (QED) is 0.722. The van der Waals surface area contributed by atoms with Gasteiger partial charge in [-0.05, 0) is 25.1 Å². The van der Waals surface area contributed by atoms with Gasteiger partial charge in [0.15, 0.2) is 9.84 Å². The number of hydrogen-bond acceptors (Lipinski definition) is 7. The molecule has 0 aromatic heterocycles. The Morgan fingerprint density at radius 1 is 1.32 bits per heavy atom. The van der Waals surface area contributed by atoms with Crippen molar-refractivity contribution in [3.8, 4) is 0 Å². The molecule has 2 N–H and O–H groups in total. The third-order valence-electron chi connectivity index (χ3n) is 3.62. The highest BCUT2D eigenvalue weighted by atomic mass is 35.5. The summed E-state index contributed by atoms with van der Waals surface area (Å²) in [5.41, 5.74) is 0.236. The van der Waals surface area contributed by atoms with Crippen molar-refractivity contribution in [2.24, 2.45) is 0 Å². The molecule has 1 aliphatic heterocycles. The molecule has 0 unspecified atom stereocenters. The average molecular weight is 393 g/mol. The minimum absolute atomic E-state index is 0. The van der Waals surface area contributed by atoms with Gasteiger partial charge in [-0.3, -0.25) is 4.79 Å². The largest absolute Gasteiger partial charge is 0.465 e. The van der Waals surface area contributed by atoms with Crippen LogP contribution in [-0.4, -0.2) is 59.0 Å². The Labute approximate surface area is 152 Å². The topological polar surface area (TPSA) is 111 Å². The van der Waals surface area contributed by atoms with Gasteiger partial charge >= 0.3 is 5.97 Å². The molecule has 0 saturated carbocycles. The summed E-state index contributed by atoms with van der Waals surface area (Å²) in [7, 11) is -2.37. The highest BCUT2D eigenvalue weighted by molar-refractivity contribution is 7.90. The summed E-state index contributed by atoms with van der Waals surface area (Å²) in [4.78, 5) is 24.0. The second-order valence-electron chi connectivity index (χ2n) is 5.51. The van der Waals surface area contributed by atoms with Crippen molar-refractivity contribution in [1.82, 2.24) is 5.32 Å². The first-order chi connectivity index (χ1) is 11.2. The number of rotatable bonds is 4. The molecule has 1 fully saturated rings. The summed E-state index contributed by atoms with van der Waals surface area (Å²) >= 11 is 0. The lowest BCUT2D eigenvalue weighted by Gasteiger charge is -2.29. The maximum absolute atomic E-state index is 12.4. The lowest BCUT2D eigenvalue weighted by Crippen LogP contribution is -2.53. The van der Waals surface area contributed by atoms with Gasteiger partial charge in [0.25, 0.3) is 0 Å². The van der Waals surface area contributed by atoms with Gasteiger partial charge < -0.3 is 20.1 Å². The highest BCUT2D eigenvalue weighted by Crippen LogP contribution is 2.20. The number of halogens is 1. The molecule has 140 valence electrons. The van der Waals surface area contributed by atoms with E-state index in [-0.39, 0.29) is 40.6 Å². The average Bonchev–Trinajstić information content (AvgIpc) is 2.53. The Morgan fingerprint density at radius 2 is 2.00 bits per heavy atom. The summed E-state index contributed by atoms with van der Waals surface area (Å²) < 4.78 is 33.6. The molecule has 10 heteroatoms. The number of carbonyl (C=O) groups excluding carboxylic acids is 2. The van der Waals surface area contributed by atoms with Crippen LogP contribution in [0, 0.1) is 0 Å². The van der Waals surface area contributed by atoms with Crippen LogP contribution in [0.5, 0.6) is 0 Å². The number of esters is 1. The van der Waals surface area contributed by atoms with Crippen LogP contribution in [0.4, 0.5) is 5.69 Å². The summed E-state index contributed by atoms with van der Waals surface area (Å²) in [5, 5.41) is 5.66. The molecular weight excluding hydrogens is 372 g/mol. The van der Waals surface area contributed by atoms with Crippen LogP contribution in [-0.2, 0) is 24.1 Å².